The molecule has 1 aliphatic carbocycles. The lowest BCUT2D eigenvalue weighted by molar-refractivity contribution is -0.199. The van der Waals surface area contributed by atoms with E-state index >= 15 is 0 Å². The number of guanidine groups is 1. The van der Waals surface area contributed by atoms with E-state index in [-0.39, 0.29) is 12.0 Å². The van der Waals surface area contributed by atoms with E-state index in [0.717, 1.165) is 25.7 Å². The van der Waals surface area contributed by atoms with Crippen LogP contribution in [-0.4, -0.2) is 35.9 Å². The highest BCUT2D eigenvalue weighted by Gasteiger charge is 2.37. The fraction of sp³-hybridized carbons (Fsp3) is 0.889. The van der Waals surface area contributed by atoms with Gasteiger partial charge >= 0.3 is 6.18 Å². The summed E-state index contributed by atoms with van der Waals surface area (Å²) < 4.78 is 35.8. The summed E-state index contributed by atoms with van der Waals surface area (Å²) in [5, 5.41) is 11.5. The summed E-state index contributed by atoms with van der Waals surface area (Å²) in [6, 6.07) is 0.201. The Labute approximate surface area is 91.7 Å². The van der Waals surface area contributed by atoms with Crippen molar-refractivity contribution in [3.8, 4) is 0 Å². The molecule has 1 fully saturated rings. The van der Waals surface area contributed by atoms with Crippen molar-refractivity contribution in [3.63, 3.8) is 0 Å². The number of hydrogen-bond acceptors (Lipinski definition) is 2. The molecule has 0 aromatic heterocycles. The highest BCUT2D eigenvalue weighted by atomic mass is 19.4. The second-order valence-electron chi connectivity index (χ2n) is 3.91. The summed E-state index contributed by atoms with van der Waals surface area (Å²) in [5.74, 6) is -0.0322. The monoisotopic (exact) mass is 239 g/mol. The normalized spacial score (nSPS) is 21.1. The molecule has 0 radical (unpaired) electrons. The zero-order chi connectivity index (χ0) is 12.2. The first-order valence-corrected chi connectivity index (χ1v) is 5.21. The predicted molar refractivity (Wildman–Crippen MR) is 53.9 cm³/mol. The Morgan fingerprint density at radius 1 is 1.44 bits per heavy atom. The first-order valence-electron chi connectivity index (χ1n) is 5.21. The van der Waals surface area contributed by atoms with Crippen LogP contribution >= 0.6 is 0 Å². The van der Waals surface area contributed by atoms with E-state index in [1.54, 1.807) is 0 Å². The number of nitrogens with two attached hydrogens (primary N) is 1. The standard InChI is InChI=1S/C9H16F3N3O/c10-9(11,12)7(16)5-14-8(13)15-6-3-1-2-4-6/h6-7,16H,1-5H2,(H3,13,14,15). The molecule has 0 spiro atoms. The van der Waals surface area contributed by atoms with E-state index in [4.69, 9.17) is 10.8 Å². The van der Waals surface area contributed by atoms with Crippen molar-refractivity contribution in [3.05, 3.63) is 0 Å². The summed E-state index contributed by atoms with van der Waals surface area (Å²) in [7, 11) is 0. The lowest BCUT2D eigenvalue weighted by Gasteiger charge is -2.14. The van der Waals surface area contributed by atoms with Gasteiger partial charge < -0.3 is 16.2 Å². The number of aliphatic hydroxyl groups excluding tert-OH is 1. The number of hydrogen-bond donors (Lipinski definition) is 3. The van der Waals surface area contributed by atoms with Gasteiger partial charge in [0, 0.05) is 6.04 Å². The molecule has 0 saturated heterocycles. The summed E-state index contributed by atoms with van der Waals surface area (Å²) in [5.41, 5.74) is 5.41. The largest absolute Gasteiger partial charge is 0.416 e. The Kier molecular flexibility index (Phi) is 4.40. The van der Waals surface area contributed by atoms with Crippen LogP contribution in [0.4, 0.5) is 13.2 Å². The van der Waals surface area contributed by atoms with Gasteiger partial charge in [0.05, 0.1) is 6.54 Å². The number of aliphatic imine (C=N–C) groups is 1. The van der Waals surface area contributed by atoms with Crippen molar-refractivity contribution in [2.45, 2.75) is 44.0 Å². The average molecular weight is 239 g/mol. The van der Waals surface area contributed by atoms with Crippen LogP contribution in [0.15, 0.2) is 4.99 Å². The average Bonchev–Trinajstić information content (AvgIpc) is 2.65. The maximum absolute atomic E-state index is 11.9. The molecule has 0 aromatic rings. The summed E-state index contributed by atoms with van der Waals surface area (Å²) in [6.07, 6.45) is -2.99. The minimum Gasteiger partial charge on any atom is -0.382 e. The number of aliphatic hydroxyl groups is 1. The Hall–Kier alpha value is -0.980. The van der Waals surface area contributed by atoms with Gasteiger partial charge in [-0.3, -0.25) is 4.99 Å². The molecular formula is C9H16F3N3O. The number of nitrogens with one attached hydrogen (secondary N) is 1. The van der Waals surface area contributed by atoms with E-state index in [1.165, 1.54) is 0 Å². The molecule has 0 aliphatic heterocycles. The Bertz CT molecular complexity index is 249. The Morgan fingerprint density at radius 2 is 2.00 bits per heavy atom. The van der Waals surface area contributed by atoms with Crippen molar-refractivity contribution < 1.29 is 18.3 Å². The van der Waals surface area contributed by atoms with Crippen LogP contribution in [0.2, 0.25) is 0 Å². The van der Waals surface area contributed by atoms with Crippen molar-refractivity contribution in [1.29, 1.82) is 0 Å². The zero-order valence-corrected chi connectivity index (χ0v) is 8.80. The van der Waals surface area contributed by atoms with Crippen LogP contribution in [0.1, 0.15) is 25.7 Å². The first kappa shape index (κ1) is 13.1. The van der Waals surface area contributed by atoms with Gasteiger partial charge in [-0.1, -0.05) is 12.8 Å². The molecule has 0 heterocycles. The molecule has 16 heavy (non-hydrogen) atoms. The highest BCUT2D eigenvalue weighted by Crippen LogP contribution is 2.20. The number of alkyl halides is 3. The van der Waals surface area contributed by atoms with Gasteiger partial charge in [0.1, 0.15) is 0 Å². The molecule has 94 valence electrons. The van der Waals surface area contributed by atoms with E-state index < -0.39 is 18.8 Å². The van der Waals surface area contributed by atoms with Gasteiger partial charge in [0.15, 0.2) is 12.1 Å². The molecule has 0 amide bonds. The smallest absolute Gasteiger partial charge is 0.382 e. The SMILES string of the molecule is NC(=NCC(O)C(F)(F)F)NC1CCCC1. The highest BCUT2D eigenvalue weighted by molar-refractivity contribution is 5.78. The second-order valence-corrected chi connectivity index (χ2v) is 3.91. The van der Waals surface area contributed by atoms with Crippen LogP contribution in [0, 0.1) is 0 Å². The van der Waals surface area contributed by atoms with Gasteiger partial charge in [-0.2, -0.15) is 13.2 Å². The molecular weight excluding hydrogens is 223 g/mol. The Balaban J connectivity index is 2.32. The van der Waals surface area contributed by atoms with E-state index in [2.05, 4.69) is 10.3 Å². The van der Waals surface area contributed by atoms with Gasteiger partial charge in [-0.15, -0.1) is 0 Å². The molecule has 7 heteroatoms. The molecule has 4 nitrogen and oxygen atoms in total. The van der Waals surface area contributed by atoms with Crippen molar-refractivity contribution in [2.75, 3.05) is 6.54 Å². The molecule has 0 bridgehead atoms. The maximum Gasteiger partial charge on any atom is 0.416 e. The number of nitrogens with zero attached hydrogens (tertiary/aromatic N) is 1. The molecule has 1 unspecified atom stereocenters. The lowest BCUT2D eigenvalue weighted by Crippen LogP contribution is -2.40. The van der Waals surface area contributed by atoms with E-state index in [0.29, 0.717) is 0 Å². The second kappa shape index (κ2) is 5.38. The fourth-order valence-electron chi connectivity index (χ4n) is 1.61. The van der Waals surface area contributed by atoms with E-state index in [9.17, 15) is 13.2 Å². The number of halogens is 3. The van der Waals surface area contributed by atoms with Crippen LogP contribution in [0.5, 0.6) is 0 Å². The van der Waals surface area contributed by atoms with Gasteiger partial charge in [-0.05, 0) is 12.8 Å². The minimum atomic E-state index is -4.64. The van der Waals surface area contributed by atoms with E-state index in [1.807, 2.05) is 0 Å². The van der Waals surface area contributed by atoms with Crippen molar-refractivity contribution in [2.24, 2.45) is 10.7 Å². The molecule has 1 aliphatic rings. The maximum atomic E-state index is 11.9. The van der Waals surface area contributed by atoms with Crippen molar-refractivity contribution in [1.82, 2.24) is 5.32 Å². The summed E-state index contributed by atoms with van der Waals surface area (Å²) in [6.45, 7) is -0.755. The third-order valence-corrected chi connectivity index (χ3v) is 2.52. The fourth-order valence-corrected chi connectivity index (χ4v) is 1.61. The lowest BCUT2D eigenvalue weighted by atomic mass is 10.2. The van der Waals surface area contributed by atoms with Gasteiger partial charge in [0.25, 0.3) is 0 Å². The van der Waals surface area contributed by atoms with Crippen LogP contribution in [-0.2, 0) is 0 Å². The molecule has 1 rings (SSSR count). The van der Waals surface area contributed by atoms with Gasteiger partial charge in [-0.25, -0.2) is 0 Å². The quantitative estimate of drug-likeness (QED) is 0.503. The van der Waals surface area contributed by atoms with Gasteiger partial charge in [0.2, 0.25) is 0 Å². The molecule has 1 atom stereocenters. The molecule has 1 saturated carbocycles. The number of rotatable bonds is 3. The summed E-state index contributed by atoms with van der Waals surface area (Å²) >= 11 is 0. The minimum absolute atomic E-state index is 0.0322. The molecule has 4 N–H and O–H groups in total. The Morgan fingerprint density at radius 3 is 2.50 bits per heavy atom. The topological polar surface area (TPSA) is 70.6 Å². The van der Waals surface area contributed by atoms with Crippen LogP contribution < -0.4 is 11.1 Å². The van der Waals surface area contributed by atoms with Crippen LogP contribution in [0.3, 0.4) is 0 Å². The predicted octanol–water partition coefficient (Wildman–Crippen LogP) is 0.756. The third kappa shape index (κ3) is 4.26. The summed E-state index contributed by atoms with van der Waals surface area (Å²) in [4.78, 5) is 3.47. The zero-order valence-electron chi connectivity index (χ0n) is 8.80. The third-order valence-electron chi connectivity index (χ3n) is 2.52. The van der Waals surface area contributed by atoms with Crippen LogP contribution in [0.25, 0.3) is 0 Å². The van der Waals surface area contributed by atoms with Crippen molar-refractivity contribution >= 4 is 5.96 Å². The molecule has 0 aromatic carbocycles. The first-order chi connectivity index (χ1) is 7.39.